The van der Waals surface area contributed by atoms with Gasteiger partial charge in [-0.3, -0.25) is 4.79 Å². The molecule has 0 radical (unpaired) electrons. The molecule has 0 aromatic heterocycles. The van der Waals surface area contributed by atoms with E-state index in [0.29, 0.717) is 11.1 Å². The van der Waals surface area contributed by atoms with Crippen LogP contribution in [0.3, 0.4) is 0 Å². The minimum Gasteiger partial charge on any atom is -0.507 e. The Labute approximate surface area is 116 Å². The van der Waals surface area contributed by atoms with Crippen molar-refractivity contribution >= 4 is 5.78 Å². The molecule has 0 aliphatic rings. The average molecular weight is 279 g/mol. The number of hydrogen-bond donors (Lipinski definition) is 3. The van der Waals surface area contributed by atoms with Gasteiger partial charge < -0.3 is 15.3 Å². The lowest BCUT2D eigenvalue weighted by Gasteiger charge is -2.20. The molecule has 7 nitrogen and oxygen atoms in total. The van der Waals surface area contributed by atoms with E-state index in [1.807, 2.05) is 0 Å². The lowest BCUT2D eigenvalue weighted by Crippen LogP contribution is -2.20. The maximum absolute atomic E-state index is 11.3. The fourth-order valence-electron chi connectivity index (χ4n) is 1.91. The number of aliphatic hydroxyl groups excluding tert-OH is 2. The summed E-state index contributed by atoms with van der Waals surface area (Å²) < 4.78 is 0. The van der Waals surface area contributed by atoms with Gasteiger partial charge >= 0.3 is 0 Å². The summed E-state index contributed by atoms with van der Waals surface area (Å²) in [4.78, 5) is 13.8. The SMILES string of the molecule is CC(=O)c1cc(C)c(C(O)C(O)CCN=[N+]=[N-])cc1O. The molecule has 0 saturated carbocycles. The molecule has 1 aromatic rings. The van der Waals surface area contributed by atoms with E-state index in [1.54, 1.807) is 6.92 Å². The first-order chi connectivity index (χ1) is 9.38. The second-order valence-corrected chi connectivity index (χ2v) is 4.54. The average Bonchev–Trinajstić information content (AvgIpc) is 2.40. The first-order valence-electron chi connectivity index (χ1n) is 6.10. The monoisotopic (exact) mass is 279 g/mol. The fraction of sp³-hybridized carbons (Fsp3) is 0.462. The molecule has 0 amide bonds. The smallest absolute Gasteiger partial charge is 0.163 e. The second-order valence-electron chi connectivity index (χ2n) is 4.54. The third-order valence-electron chi connectivity index (χ3n) is 3.03. The quantitative estimate of drug-likeness (QED) is 0.318. The zero-order valence-electron chi connectivity index (χ0n) is 11.3. The van der Waals surface area contributed by atoms with Gasteiger partial charge in [-0.25, -0.2) is 0 Å². The van der Waals surface area contributed by atoms with E-state index >= 15 is 0 Å². The van der Waals surface area contributed by atoms with Crippen LogP contribution in [0.2, 0.25) is 0 Å². The number of phenolic OH excluding ortho intramolecular Hbond substituents is 1. The maximum Gasteiger partial charge on any atom is 0.163 e. The number of aliphatic hydroxyl groups is 2. The Hall–Kier alpha value is -2.08. The number of azide groups is 1. The molecule has 0 heterocycles. The topological polar surface area (TPSA) is 127 Å². The van der Waals surface area contributed by atoms with Gasteiger partial charge in [0.25, 0.3) is 0 Å². The van der Waals surface area contributed by atoms with Crippen molar-refractivity contribution in [3.63, 3.8) is 0 Å². The zero-order chi connectivity index (χ0) is 15.3. The van der Waals surface area contributed by atoms with E-state index in [2.05, 4.69) is 10.0 Å². The van der Waals surface area contributed by atoms with Gasteiger partial charge in [-0.2, -0.15) is 0 Å². The zero-order valence-corrected chi connectivity index (χ0v) is 11.3. The molecule has 7 heteroatoms. The highest BCUT2D eigenvalue weighted by molar-refractivity contribution is 5.97. The van der Waals surface area contributed by atoms with Gasteiger partial charge in [0.1, 0.15) is 11.9 Å². The van der Waals surface area contributed by atoms with Gasteiger partial charge in [0.2, 0.25) is 0 Å². The highest BCUT2D eigenvalue weighted by Gasteiger charge is 2.21. The van der Waals surface area contributed by atoms with Gasteiger partial charge in [-0.05, 0) is 49.1 Å². The number of phenols is 1. The number of hydrogen-bond acceptors (Lipinski definition) is 5. The number of benzene rings is 1. The highest BCUT2D eigenvalue weighted by atomic mass is 16.3. The number of ketones is 1. The molecule has 2 unspecified atom stereocenters. The Kier molecular flexibility index (Phi) is 5.52. The van der Waals surface area contributed by atoms with E-state index in [4.69, 9.17) is 5.53 Å². The molecule has 0 fully saturated rings. The Bertz CT molecular complexity index is 553. The molecule has 0 bridgehead atoms. The molecular formula is C13H17N3O4. The molecule has 20 heavy (non-hydrogen) atoms. The van der Waals surface area contributed by atoms with Crippen molar-refractivity contribution in [2.45, 2.75) is 32.5 Å². The first-order valence-corrected chi connectivity index (χ1v) is 6.10. The fourth-order valence-corrected chi connectivity index (χ4v) is 1.91. The van der Waals surface area contributed by atoms with Crippen molar-refractivity contribution in [2.75, 3.05) is 6.54 Å². The Morgan fingerprint density at radius 1 is 1.45 bits per heavy atom. The molecule has 0 aliphatic carbocycles. The molecule has 108 valence electrons. The van der Waals surface area contributed by atoms with Crippen LogP contribution in [0.15, 0.2) is 17.2 Å². The summed E-state index contributed by atoms with van der Waals surface area (Å²) in [5.41, 5.74) is 9.24. The molecule has 1 rings (SSSR count). The normalized spacial score (nSPS) is 13.4. The summed E-state index contributed by atoms with van der Waals surface area (Å²) in [6.07, 6.45) is -2.25. The minimum atomic E-state index is -1.23. The van der Waals surface area contributed by atoms with Crippen LogP contribution >= 0.6 is 0 Å². The van der Waals surface area contributed by atoms with Gasteiger partial charge in [0.05, 0.1) is 11.7 Å². The summed E-state index contributed by atoms with van der Waals surface area (Å²) in [5.74, 6) is -0.519. The van der Waals surface area contributed by atoms with Crippen molar-refractivity contribution in [2.24, 2.45) is 5.11 Å². The predicted molar refractivity (Wildman–Crippen MR) is 72.4 cm³/mol. The van der Waals surface area contributed by atoms with Crippen molar-refractivity contribution in [3.8, 4) is 5.75 Å². The summed E-state index contributed by atoms with van der Waals surface area (Å²) in [6, 6.07) is 2.74. The van der Waals surface area contributed by atoms with E-state index in [9.17, 15) is 20.1 Å². The summed E-state index contributed by atoms with van der Waals surface area (Å²) in [7, 11) is 0. The van der Waals surface area contributed by atoms with Crippen LogP contribution in [-0.4, -0.2) is 33.8 Å². The number of rotatable bonds is 6. The lowest BCUT2D eigenvalue weighted by molar-refractivity contribution is 0.0145. The largest absolute Gasteiger partial charge is 0.507 e. The van der Waals surface area contributed by atoms with Crippen LogP contribution in [0.25, 0.3) is 10.4 Å². The Morgan fingerprint density at radius 2 is 2.10 bits per heavy atom. The summed E-state index contributed by atoms with van der Waals surface area (Å²) >= 11 is 0. The standard InChI is InChI=1S/C13H17N3O4/c1-7-5-10(8(2)17)12(19)6-9(7)13(20)11(18)3-4-15-16-14/h5-6,11,13,18-20H,3-4H2,1-2H3. The molecule has 3 N–H and O–H groups in total. The van der Waals surface area contributed by atoms with E-state index in [0.717, 1.165) is 0 Å². The molecule has 0 spiro atoms. The molecule has 1 aromatic carbocycles. The number of carbonyl (C=O) groups is 1. The van der Waals surface area contributed by atoms with Crippen molar-refractivity contribution in [3.05, 3.63) is 39.3 Å². The van der Waals surface area contributed by atoms with Crippen LogP contribution in [-0.2, 0) is 0 Å². The number of carbonyl (C=O) groups excluding carboxylic acids is 1. The van der Waals surface area contributed by atoms with E-state index < -0.39 is 12.2 Å². The Morgan fingerprint density at radius 3 is 2.65 bits per heavy atom. The lowest BCUT2D eigenvalue weighted by atomic mass is 9.94. The third-order valence-corrected chi connectivity index (χ3v) is 3.03. The van der Waals surface area contributed by atoms with Crippen LogP contribution in [0.5, 0.6) is 5.75 Å². The highest BCUT2D eigenvalue weighted by Crippen LogP contribution is 2.29. The number of aryl methyl sites for hydroxylation is 1. The van der Waals surface area contributed by atoms with Crippen molar-refractivity contribution < 1.29 is 20.1 Å². The van der Waals surface area contributed by atoms with Crippen molar-refractivity contribution in [1.82, 2.24) is 0 Å². The minimum absolute atomic E-state index is 0.0608. The number of nitrogens with zero attached hydrogens (tertiary/aromatic N) is 3. The van der Waals surface area contributed by atoms with Crippen LogP contribution < -0.4 is 0 Å². The maximum atomic E-state index is 11.3. The van der Waals surface area contributed by atoms with E-state index in [-0.39, 0.29) is 30.1 Å². The van der Waals surface area contributed by atoms with Gasteiger partial charge in [0.15, 0.2) is 5.78 Å². The summed E-state index contributed by atoms with van der Waals surface area (Å²) in [6.45, 7) is 3.06. The van der Waals surface area contributed by atoms with Crippen molar-refractivity contribution in [1.29, 1.82) is 0 Å². The molecule has 0 saturated heterocycles. The van der Waals surface area contributed by atoms with Gasteiger partial charge in [-0.1, -0.05) is 5.11 Å². The van der Waals surface area contributed by atoms with Crippen LogP contribution in [0, 0.1) is 6.92 Å². The predicted octanol–water partition coefficient (Wildman–Crippen LogP) is 2.00. The molecule has 0 aliphatic heterocycles. The number of aromatic hydroxyl groups is 1. The van der Waals surface area contributed by atoms with Gasteiger partial charge in [-0.15, -0.1) is 0 Å². The third kappa shape index (κ3) is 3.71. The second kappa shape index (κ2) is 6.91. The molecule has 2 atom stereocenters. The Balaban J connectivity index is 2.98. The van der Waals surface area contributed by atoms with Gasteiger partial charge in [0, 0.05) is 11.5 Å². The first kappa shape index (κ1) is 16.0. The van der Waals surface area contributed by atoms with Crippen LogP contribution in [0.4, 0.5) is 0 Å². The molecular weight excluding hydrogens is 262 g/mol. The van der Waals surface area contributed by atoms with Crippen LogP contribution in [0.1, 0.15) is 40.9 Å². The summed E-state index contributed by atoms with van der Waals surface area (Å²) in [5, 5.41) is 32.9. The number of Topliss-reactive ketones (excluding diaryl/α,β-unsaturated/α-hetero) is 1. The van der Waals surface area contributed by atoms with E-state index in [1.165, 1.54) is 19.1 Å².